The maximum atomic E-state index is 11.9. The number of fused-ring (bicyclic) bond motifs is 1. The molecular formula is C36H26N6O4. The number of rotatable bonds is 7. The number of methoxy groups -OCH3 is 1. The molecule has 5 aromatic carbocycles. The van der Waals surface area contributed by atoms with E-state index in [9.17, 15) is 15.0 Å². The van der Waals surface area contributed by atoms with Gasteiger partial charge >= 0.3 is 5.97 Å². The minimum Gasteiger partial charge on any atom is -0.508 e. The van der Waals surface area contributed by atoms with E-state index < -0.39 is 5.97 Å². The number of aliphatic hydroxyl groups excluding tert-OH is 1. The summed E-state index contributed by atoms with van der Waals surface area (Å²) < 4.78 is 7.93. The molecule has 2 N–H and O–H groups in total. The molecular weight excluding hydrogens is 580 g/mol. The highest BCUT2D eigenvalue weighted by Crippen LogP contribution is 2.30. The summed E-state index contributed by atoms with van der Waals surface area (Å²) in [6.45, 7) is 3.69. The molecule has 2 aromatic heterocycles. The molecule has 0 atom stereocenters. The van der Waals surface area contributed by atoms with Crippen molar-refractivity contribution in [2.75, 3.05) is 7.11 Å². The zero-order chi connectivity index (χ0) is 31.8. The summed E-state index contributed by atoms with van der Waals surface area (Å²) >= 11 is 0. The van der Waals surface area contributed by atoms with Crippen molar-refractivity contribution in [2.24, 2.45) is 0 Å². The number of nitrogens with zero attached hydrogens (tertiary/aromatic N) is 6. The monoisotopic (exact) mass is 606 g/mol. The van der Waals surface area contributed by atoms with Gasteiger partial charge in [0, 0.05) is 22.1 Å². The second-order valence-electron chi connectivity index (χ2n) is 10.6. The Balaban J connectivity index is 1.10. The molecule has 0 unspecified atom stereocenters. The number of carbonyl (C=O) groups excluding carboxylic acids is 1. The molecule has 0 saturated carbocycles. The van der Waals surface area contributed by atoms with Gasteiger partial charge in [-0.3, -0.25) is 0 Å². The number of hydrogen-bond donors (Lipinski definition) is 2. The van der Waals surface area contributed by atoms with Crippen LogP contribution >= 0.6 is 0 Å². The molecule has 0 aliphatic rings. The Morgan fingerprint density at radius 1 is 0.696 bits per heavy atom. The molecule has 224 valence electrons. The molecule has 0 aliphatic heterocycles. The van der Waals surface area contributed by atoms with Crippen LogP contribution in [0.1, 0.15) is 15.9 Å². The smallest absolute Gasteiger partial charge is 0.337 e. The Morgan fingerprint density at radius 2 is 1.24 bits per heavy atom. The number of phenolic OH excluding ortho intramolecular Hbond substituents is 1. The lowest BCUT2D eigenvalue weighted by Crippen LogP contribution is -2.03. The first-order valence-electron chi connectivity index (χ1n) is 14.3. The van der Waals surface area contributed by atoms with E-state index in [1.54, 1.807) is 10.9 Å². The van der Waals surface area contributed by atoms with Crippen molar-refractivity contribution in [1.82, 2.24) is 30.0 Å². The molecule has 46 heavy (non-hydrogen) atoms. The van der Waals surface area contributed by atoms with Gasteiger partial charge < -0.3 is 14.9 Å². The molecule has 0 aliphatic carbocycles. The van der Waals surface area contributed by atoms with E-state index in [0.29, 0.717) is 22.5 Å². The highest BCUT2D eigenvalue weighted by molar-refractivity contribution is 5.97. The largest absolute Gasteiger partial charge is 0.508 e. The SMILES string of the molecule is C=C(O)c1cccc2c(-n3cc(-c4ccc(-c5ccc(-c6cn(-c7cc(C(=O)OC)ccc7O)nn6)cc5)cc4)nn3)cccc12. The predicted octanol–water partition coefficient (Wildman–Crippen LogP) is 7.02. The van der Waals surface area contributed by atoms with Crippen LogP contribution in [0.3, 0.4) is 0 Å². The van der Waals surface area contributed by atoms with E-state index in [1.807, 2.05) is 91.1 Å². The second kappa shape index (κ2) is 11.5. The molecule has 7 rings (SSSR count). The second-order valence-corrected chi connectivity index (χ2v) is 10.6. The van der Waals surface area contributed by atoms with Gasteiger partial charge in [0.05, 0.1) is 30.8 Å². The van der Waals surface area contributed by atoms with Crippen LogP contribution in [-0.2, 0) is 4.74 Å². The number of phenols is 1. The first-order chi connectivity index (χ1) is 22.4. The molecule has 10 heteroatoms. The lowest BCUT2D eigenvalue weighted by molar-refractivity contribution is 0.0600. The van der Waals surface area contributed by atoms with Crippen molar-refractivity contribution in [2.45, 2.75) is 0 Å². The third kappa shape index (κ3) is 5.13. The summed E-state index contributed by atoms with van der Waals surface area (Å²) in [5, 5.41) is 39.4. The third-order valence-electron chi connectivity index (χ3n) is 7.78. The number of aliphatic hydroxyl groups is 1. The van der Waals surface area contributed by atoms with Crippen LogP contribution in [-0.4, -0.2) is 53.3 Å². The minimum atomic E-state index is -0.512. The van der Waals surface area contributed by atoms with Gasteiger partial charge in [0.25, 0.3) is 0 Å². The fourth-order valence-electron chi connectivity index (χ4n) is 5.39. The molecule has 0 fully saturated rings. The molecule has 10 nitrogen and oxygen atoms in total. The van der Waals surface area contributed by atoms with Crippen molar-refractivity contribution < 1.29 is 19.7 Å². The van der Waals surface area contributed by atoms with Crippen LogP contribution in [0.2, 0.25) is 0 Å². The van der Waals surface area contributed by atoms with E-state index in [1.165, 1.54) is 30.0 Å². The number of carbonyl (C=O) groups is 1. The van der Waals surface area contributed by atoms with Crippen molar-refractivity contribution in [3.8, 4) is 50.8 Å². The van der Waals surface area contributed by atoms with Gasteiger partial charge in [-0.05, 0) is 40.8 Å². The lowest BCUT2D eigenvalue weighted by atomic mass is 10.0. The topological polar surface area (TPSA) is 128 Å². The maximum Gasteiger partial charge on any atom is 0.337 e. The Bertz CT molecular complexity index is 2250. The van der Waals surface area contributed by atoms with E-state index in [2.05, 4.69) is 27.2 Å². The van der Waals surface area contributed by atoms with Crippen LogP contribution in [0.25, 0.3) is 61.5 Å². The Hall–Kier alpha value is -6.55. The van der Waals surface area contributed by atoms with E-state index in [4.69, 9.17) is 4.74 Å². The summed E-state index contributed by atoms with van der Waals surface area (Å²) in [5.74, 6) is -0.532. The molecule has 0 bridgehead atoms. The Labute approximate surface area is 263 Å². The maximum absolute atomic E-state index is 11.9. The summed E-state index contributed by atoms with van der Waals surface area (Å²) in [6.07, 6.45) is 3.57. The average Bonchev–Trinajstić information content (AvgIpc) is 3.79. The highest BCUT2D eigenvalue weighted by atomic mass is 16.5. The molecule has 0 saturated heterocycles. The minimum absolute atomic E-state index is 0.0190. The standard InChI is InChI=1S/C36H26N6O4/c1-22(43)28-5-3-7-30-29(28)6-4-8-33(30)41-20-31(37-39-41)25-13-9-23(10-14-25)24-11-15-26(16-12-24)32-21-42(40-38-32)34-19-27(36(45)46-2)17-18-35(34)44/h3-21,43-44H,1H2,2H3. The fraction of sp³-hybridized carbons (Fsp3) is 0.0278. The van der Waals surface area contributed by atoms with E-state index >= 15 is 0 Å². The number of aromatic hydroxyl groups is 1. The summed E-state index contributed by atoms with van der Waals surface area (Å²) in [6, 6.07) is 31.9. The van der Waals surface area contributed by atoms with Crippen LogP contribution in [0.5, 0.6) is 5.75 Å². The summed E-state index contributed by atoms with van der Waals surface area (Å²) in [7, 11) is 1.30. The van der Waals surface area contributed by atoms with Gasteiger partial charge in [-0.15, -0.1) is 10.2 Å². The summed E-state index contributed by atoms with van der Waals surface area (Å²) in [4.78, 5) is 11.9. The first kappa shape index (κ1) is 28.2. The number of benzene rings is 5. The van der Waals surface area contributed by atoms with Crippen LogP contribution in [0.4, 0.5) is 0 Å². The van der Waals surface area contributed by atoms with Crippen molar-refractivity contribution in [3.63, 3.8) is 0 Å². The normalized spacial score (nSPS) is 11.1. The molecule has 0 amide bonds. The third-order valence-corrected chi connectivity index (χ3v) is 7.78. The van der Waals surface area contributed by atoms with Gasteiger partial charge in [0.2, 0.25) is 0 Å². The predicted molar refractivity (Wildman–Crippen MR) is 175 cm³/mol. The zero-order valence-corrected chi connectivity index (χ0v) is 24.6. The number of hydrogen-bond acceptors (Lipinski definition) is 8. The van der Waals surface area contributed by atoms with Crippen LogP contribution < -0.4 is 0 Å². The lowest BCUT2D eigenvalue weighted by Gasteiger charge is -2.09. The van der Waals surface area contributed by atoms with Crippen molar-refractivity contribution in [1.29, 1.82) is 0 Å². The molecule has 7 aromatic rings. The van der Waals surface area contributed by atoms with Crippen LogP contribution in [0, 0.1) is 0 Å². The Kier molecular flexibility index (Phi) is 7.06. The number of ether oxygens (including phenoxy) is 1. The average molecular weight is 607 g/mol. The Morgan fingerprint density at radius 3 is 1.83 bits per heavy atom. The van der Waals surface area contributed by atoms with E-state index in [0.717, 1.165) is 44.4 Å². The quantitative estimate of drug-likeness (QED) is 0.146. The van der Waals surface area contributed by atoms with Gasteiger partial charge in [-0.25, -0.2) is 14.2 Å². The molecule has 0 spiro atoms. The number of aromatic nitrogens is 6. The first-order valence-corrected chi connectivity index (χ1v) is 14.3. The van der Waals surface area contributed by atoms with Gasteiger partial charge in [-0.1, -0.05) is 95.9 Å². The van der Waals surface area contributed by atoms with E-state index in [-0.39, 0.29) is 11.5 Å². The highest BCUT2D eigenvalue weighted by Gasteiger charge is 2.14. The molecule has 2 heterocycles. The van der Waals surface area contributed by atoms with Crippen LogP contribution in [0.15, 0.2) is 122 Å². The van der Waals surface area contributed by atoms with Gasteiger partial charge in [0.1, 0.15) is 28.6 Å². The fourth-order valence-corrected chi connectivity index (χ4v) is 5.39. The van der Waals surface area contributed by atoms with Gasteiger partial charge in [0.15, 0.2) is 0 Å². The van der Waals surface area contributed by atoms with Crippen molar-refractivity contribution in [3.05, 3.63) is 133 Å². The van der Waals surface area contributed by atoms with Gasteiger partial charge in [-0.2, -0.15) is 0 Å². The molecule has 0 radical (unpaired) electrons. The van der Waals surface area contributed by atoms with Crippen molar-refractivity contribution >= 4 is 22.5 Å². The number of esters is 1. The summed E-state index contributed by atoms with van der Waals surface area (Å²) in [5.41, 5.74) is 7.29. The zero-order valence-electron chi connectivity index (χ0n) is 24.6.